The number of hydrogen-bond donors (Lipinski definition) is 2. The van der Waals surface area contributed by atoms with Gasteiger partial charge in [0.15, 0.2) is 0 Å². The fourth-order valence-corrected chi connectivity index (χ4v) is 3.41. The van der Waals surface area contributed by atoms with Crippen LogP contribution in [0, 0.1) is 11.8 Å². The highest BCUT2D eigenvalue weighted by atomic mass is 16.5. The fraction of sp³-hybridized carbons (Fsp3) is 0.579. The van der Waals surface area contributed by atoms with Crippen LogP contribution in [0.2, 0.25) is 0 Å². The average Bonchev–Trinajstić information content (AvgIpc) is 2.86. The molecule has 0 bridgehead atoms. The molecule has 1 aromatic rings. The molecule has 2 aliphatic heterocycles. The predicted molar refractivity (Wildman–Crippen MR) is 93.9 cm³/mol. The lowest BCUT2D eigenvalue weighted by Gasteiger charge is -2.30. The topological polar surface area (TPSA) is 88.1 Å². The van der Waals surface area contributed by atoms with E-state index in [-0.39, 0.29) is 23.8 Å². The fourth-order valence-electron chi connectivity index (χ4n) is 3.41. The van der Waals surface area contributed by atoms with Gasteiger partial charge in [0.05, 0.1) is 6.54 Å². The zero-order valence-electron chi connectivity index (χ0n) is 15.2. The van der Waals surface area contributed by atoms with E-state index in [0.29, 0.717) is 37.6 Å². The third kappa shape index (κ3) is 3.99. The molecule has 7 heteroatoms. The molecule has 2 heterocycles. The Labute approximate surface area is 153 Å². The summed E-state index contributed by atoms with van der Waals surface area (Å²) < 4.78 is 11.5. The highest BCUT2D eigenvalue weighted by Crippen LogP contribution is 2.30. The molecular weight excluding hydrogens is 336 g/mol. The van der Waals surface area contributed by atoms with Crippen LogP contribution in [0.1, 0.15) is 42.6 Å². The van der Waals surface area contributed by atoms with Crippen LogP contribution in [-0.2, 0) is 16.1 Å². The number of hydroxylamine groups is 1. The van der Waals surface area contributed by atoms with Crippen LogP contribution in [0.15, 0.2) is 18.2 Å². The van der Waals surface area contributed by atoms with Crippen molar-refractivity contribution >= 4 is 11.8 Å². The van der Waals surface area contributed by atoms with Gasteiger partial charge in [-0.1, -0.05) is 19.9 Å². The van der Waals surface area contributed by atoms with Gasteiger partial charge in [-0.2, -0.15) is 0 Å². The van der Waals surface area contributed by atoms with E-state index in [2.05, 4.69) is 13.8 Å². The van der Waals surface area contributed by atoms with E-state index in [9.17, 15) is 9.59 Å². The summed E-state index contributed by atoms with van der Waals surface area (Å²) in [6.45, 7) is 6.34. The summed E-state index contributed by atoms with van der Waals surface area (Å²) in [5, 5.41) is 8.84. The van der Waals surface area contributed by atoms with Crippen LogP contribution < -0.4 is 10.2 Å². The lowest BCUT2D eigenvalue weighted by atomic mass is 9.97. The van der Waals surface area contributed by atoms with Gasteiger partial charge >= 0.3 is 0 Å². The number of ether oxygens (including phenoxy) is 2. The lowest BCUT2D eigenvalue weighted by molar-refractivity contribution is -0.140. The summed E-state index contributed by atoms with van der Waals surface area (Å²) >= 11 is 0. The first-order valence-electron chi connectivity index (χ1n) is 9.10. The molecule has 7 nitrogen and oxygen atoms in total. The largest absolute Gasteiger partial charge is 0.488 e. The van der Waals surface area contributed by atoms with Gasteiger partial charge in [-0.3, -0.25) is 14.8 Å². The molecule has 3 rings (SSSR count). The van der Waals surface area contributed by atoms with Gasteiger partial charge in [0.25, 0.3) is 5.91 Å². The standard InChI is InChI=1S/C19H26N2O5/c1-12(2)17-11-21(19(23)13-5-7-25-8-6-13)10-15-4-3-14(18(22)20-24)9-16(15)26-17/h3-4,9,12-13,17,24H,5-8,10-11H2,1-2H3,(H,20,22). The minimum Gasteiger partial charge on any atom is -0.488 e. The minimum absolute atomic E-state index is 0.00227. The summed E-state index contributed by atoms with van der Waals surface area (Å²) in [4.78, 5) is 26.6. The number of hydrogen-bond acceptors (Lipinski definition) is 5. The zero-order valence-corrected chi connectivity index (χ0v) is 15.2. The number of benzene rings is 1. The molecule has 26 heavy (non-hydrogen) atoms. The monoisotopic (exact) mass is 362 g/mol. The Balaban J connectivity index is 1.87. The first-order valence-corrected chi connectivity index (χ1v) is 9.10. The molecule has 0 spiro atoms. The molecule has 0 saturated carbocycles. The number of fused-ring (bicyclic) bond motifs is 1. The average molecular weight is 362 g/mol. The van der Waals surface area contributed by atoms with E-state index in [4.69, 9.17) is 14.7 Å². The molecule has 2 N–H and O–H groups in total. The molecule has 1 unspecified atom stereocenters. The second kappa shape index (κ2) is 8.05. The highest BCUT2D eigenvalue weighted by Gasteiger charge is 2.32. The van der Waals surface area contributed by atoms with Gasteiger partial charge in [-0.05, 0) is 30.9 Å². The quantitative estimate of drug-likeness (QED) is 0.634. The zero-order chi connectivity index (χ0) is 18.7. The smallest absolute Gasteiger partial charge is 0.274 e. The minimum atomic E-state index is -0.586. The number of amides is 2. The number of nitrogens with one attached hydrogen (secondary N) is 1. The normalized spacial score (nSPS) is 20.9. The Morgan fingerprint density at radius 2 is 2.00 bits per heavy atom. The van der Waals surface area contributed by atoms with Crippen molar-refractivity contribution in [1.29, 1.82) is 0 Å². The summed E-state index contributed by atoms with van der Waals surface area (Å²) in [7, 11) is 0. The number of rotatable bonds is 3. The third-order valence-corrected chi connectivity index (χ3v) is 5.10. The number of carbonyl (C=O) groups excluding carboxylic acids is 2. The summed E-state index contributed by atoms with van der Waals surface area (Å²) in [6, 6.07) is 5.03. The van der Waals surface area contributed by atoms with Crippen molar-refractivity contribution in [2.75, 3.05) is 19.8 Å². The van der Waals surface area contributed by atoms with Crippen molar-refractivity contribution < 1.29 is 24.3 Å². The van der Waals surface area contributed by atoms with Crippen molar-refractivity contribution in [2.45, 2.75) is 39.3 Å². The van der Waals surface area contributed by atoms with E-state index in [0.717, 1.165) is 18.4 Å². The molecule has 2 aliphatic rings. The Morgan fingerprint density at radius 3 is 2.65 bits per heavy atom. The highest BCUT2D eigenvalue weighted by molar-refractivity contribution is 5.93. The van der Waals surface area contributed by atoms with Gasteiger partial charge < -0.3 is 14.4 Å². The third-order valence-electron chi connectivity index (χ3n) is 5.10. The van der Waals surface area contributed by atoms with Gasteiger partial charge in [0.1, 0.15) is 11.9 Å². The molecular formula is C19H26N2O5. The van der Waals surface area contributed by atoms with E-state index < -0.39 is 5.91 Å². The summed E-state index contributed by atoms with van der Waals surface area (Å²) in [5.41, 5.74) is 2.82. The van der Waals surface area contributed by atoms with Crippen LogP contribution in [0.4, 0.5) is 0 Å². The lowest BCUT2D eigenvalue weighted by Crippen LogP contribution is -2.43. The molecule has 0 aliphatic carbocycles. The van der Waals surface area contributed by atoms with Crippen LogP contribution >= 0.6 is 0 Å². The molecule has 142 valence electrons. The van der Waals surface area contributed by atoms with Gasteiger partial charge in [-0.25, -0.2) is 5.48 Å². The molecule has 1 saturated heterocycles. The maximum absolute atomic E-state index is 13.0. The van der Waals surface area contributed by atoms with Crippen LogP contribution in [0.5, 0.6) is 5.75 Å². The van der Waals surface area contributed by atoms with Crippen molar-refractivity contribution in [3.8, 4) is 5.75 Å². The van der Waals surface area contributed by atoms with Crippen molar-refractivity contribution in [3.05, 3.63) is 29.3 Å². The Kier molecular flexibility index (Phi) is 5.78. The molecule has 2 amide bonds. The second-order valence-electron chi connectivity index (χ2n) is 7.27. The number of carbonyl (C=O) groups is 2. The molecule has 0 radical (unpaired) electrons. The molecule has 1 atom stereocenters. The van der Waals surface area contributed by atoms with Crippen molar-refractivity contribution in [3.63, 3.8) is 0 Å². The maximum Gasteiger partial charge on any atom is 0.274 e. The number of nitrogens with zero attached hydrogens (tertiary/aromatic N) is 1. The van der Waals surface area contributed by atoms with Crippen molar-refractivity contribution in [2.24, 2.45) is 11.8 Å². The van der Waals surface area contributed by atoms with Crippen LogP contribution in [-0.4, -0.2) is 47.8 Å². The molecule has 0 aromatic heterocycles. The molecule has 1 fully saturated rings. The summed E-state index contributed by atoms with van der Waals surface area (Å²) in [6.07, 6.45) is 1.35. The first-order chi connectivity index (χ1) is 12.5. The Bertz CT molecular complexity index is 670. The van der Waals surface area contributed by atoms with E-state index in [1.165, 1.54) is 0 Å². The molecule has 1 aromatic carbocycles. The predicted octanol–water partition coefficient (Wildman–Crippen LogP) is 1.98. The van der Waals surface area contributed by atoms with Gasteiger partial charge in [0.2, 0.25) is 5.91 Å². The maximum atomic E-state index is 13.0. The van der Waals surface area contributed by atoms with Gasteiger partial charge in [0, 0.05) is 36.8 Å². The Morgan fingerprint density at radius 1 is 1.27 bits per heavy atom. The first kappa shape index (κ1) is 18.7. The SMILES string of the molecule is CC(C)C1CN(C(=O)C2CCOCC2)Cc2ccc(C(=O)NO)cc2O1. The van der Waals surface area contributed by atoms with E-state index in [1.807, 2.05) is 4.90 Å². The van der Waals surface area contributed by atoms with Crippen LogP contribution in [0.3, 0.4) is 0 Å². The van der Waals surface area contributed by atoms with E-state index >= 15 is 0 Å². The second-order valence-corrected chi connectivity index (χ2v) is 7.27. The summed E-state index contributed by atoms with van der Waals surface area (Å²) in [5.74, 6) is 0.357. The van der Waals surface area contributed by atoms with E-state index in [1.54, 1.807) is 23.7 Å². The van der Waals surface area contributed by atoms with Gasteiger partial charge in [-0.15, -0.1) is 0 Å². The Hall–Kier alpha value is -2.12. The van der Waals surface area contributed by atoms with Crippen LogP contribution in [0.25, 0.3) is 0 Å². The van der Waals surface area contributed by atoms with Crippen molar-refractivity contribution in [1.82, 2.24) is 10.4 Å².